The first kappa shape index (κ1) is 16.5. The van der Waals surface area contributed by atoms with Gasteiger partial charge >= 0.3 is 0 Å². The number of fused-ring (bicyclic) bond motifs is 1. The van der Waals surface area contributed by atoms with Crippen molar-refractivity contribution in [1.29, 1.82) is 0 Å². The zero-order valence-electron chi connectivity index (χ0n) is 14.0. The van der Waals surface area contributed by atoms with Crippen molar-refractivity contribution >= 4 is 0 Å². The van der Waals surface area contributed by atoms with Crippen LogP contribution in [0, 0.1) is 23.5 Å². The lowest BCUT2D eigenvalue weighted by molar-refractivity contribution is 0.177. The molecule has 1 aliphatic heterocycles. The summed E-state index contributed by atoms with van der Waals surface area (Å²) in [5.74, 6) is -0.258. The third kappa shape index (κ3) is 3.78. The van der Waals surface area contributed by atoms with Crippen LogP contribution in [0.3, 0.4) is 0 Å². The van der Waals surface area contributed by atoms with Gasteiger partial charge in [0.15, 0.2) is 11.5 Å². The first-order valence-electron chi connectivity index (χ1n) is 8.85. The molecule has 0 N–H and O–H groups in total. The summed E-state index contributed by atoms with van der Waals surface area (Å²) in [7, 11) is 0. The molecule has 2 aliphatic rings. The van der Waals surface area contributed by atoms with Gasteiger partial charge in [-0.3, -0.25) is 0 Å². The van der Waals surface area contributed by atoms with Crippen LogP contribution in [0.2, 0.25) is 0 Å². The molecule has 23 heavy (non-hydrogen) atoms. The van der Waals surface area contributed by atoms with E-state index in [0.717, 1.165) is 18.8 Å². The van der Waals surface area contributed by atoms with Crippen molar-refractivity contribution in [2.24, 2.45) is 11.8 Å². The first-order valence-corrected chi connectivity index (χ1v) is 8.85. The van der Waals surface area contributed by atoms with Crippen LogP contribution in [-0.2, 0) is 6.42 Å². The third-order valence-corrected chi connectivity index (χ3v) is 5.26. The Bertz CT molecular complexity index is 551. The largest absolute Gasteiger partial charge is 0.490 e. The van der Waals surface area contributed by atoms with Crippen LogP contribution in [0.4, 0.5) is 8.78 Å². The molecule has 0 bridgehead atoms. The van der Waals surface area contributed by atoms with Gasteiger partial charge in [-0.1, -0.05) is 32.6 Å². The molecule has 1 atom stereocenters. The van der Waals surface area contributed by atoms with Crippen LogP contribution in [0.5, 0.6) is 11.5 Å². The molecule has 0 aromatic heterocycles. The zero-order chi connectivity index (χ0) is 16.4. The topological polar surface area (TPSA) is 18.5 Å². The van der Waals surface area contributed by atoms with Gasteiger partial charge in [0, 0.05) is 5.56 Å². The number of ether oxygens (including phenoxy) is 2. The SMILES string of the molecule is CC1CCC(CCOc2cc3c(c(F)c2F)OC(C)CC3)CC1. The van der Waals surface area contributed by atoms with Crippen LogP contribution in [0.15, 0.2) is 6.07 Å². The van der Waals surface area contributed by atoms with Crippen molar-refractivity contribution < 1.29 is 18.3 Å². The Labute approximate surface area is 137 Å². The Morgan fingerprint density at radius 3 is 2.57 bits per heavy atom. The highest BCUT2D eigenvalue weighted by Crippen LogP contribution is 2.37. The summed E-state index contributed by atoms with van der Waals surface area (Å²) in [6.45, 7) is 4.61. The molecule has 1 aromatic rings. The number of hydrogen-bond acceptors (Lipinski definition) is 2. The van der Waals surface area contributed by atoms with Crippen LogP contribution in [0.25, 0.3) is 0 Å². The molecule has 1 unspecified atom stereocenters. The Morgan fingerprint density at radius 2 is 1.83 bits per heavy atom. The fourth-order valence-corrected chi connectivity index (χ4v) is 3.63. The summed E-state index contributed by atoms with van der Waals surface area (Å²) in [5.41, 5.74) is 0.712. The normalized spacial score (nSPS) is 27.2. The molecule has 0 spiro atoms. The zero-order valence-corrected chi connectivity index (χ0v) is 14.0. The minimum Gasteiger partial charge on any atom is -0.490 e. The average molecular weight is 324 g/mol. The van der Waals surface area contributed by atoms with E-state index in [4.69, 9.17) is 9.47 Å². The molecular weight excluding hydrogens is 298 g/mol. The molecule has 3 rings (SSSR count). The third-order valence-electron chi connectivity index (χ3n) is 5.26. The first-order chi connectivity index (χ1) is 11.0. The molecule has 1 heterocycles. The van der Waals surface area contributed by atoms with Crippen molar-refractivity contribution in [3.8, 4) is 11.5 Å². The molecule has 1 saturated carbocycles. The van der Waals surface area contributed by atoms with Crippen molar-refractivity contribution in [1.82, 2.24) is 0 Å². The molecule has 1 aliphatic carbocycles. The number of hydrogen-bond donors (Lipinski definition) is 0. The Balaban J connectivity index is 1.61. The molecule has 0 radical (unpaired) electrons. The summed E-state index contributed by atoms with van der Waals surface area (Å²) in [5, 5.41) is 0. The highest BCUT2D eigenvalue weighted by molar-refractivity contribution is 5.44. The lowest BCUT2D eigenvalue weighted by atomic mass is 9.82. The van der Waals surface area contributed by atoms with Gasteiger partial charge in [0.25, 0.3) is 0 Å². The van der Waals surface area contributed by atoms with E-state index in [2.05, 4.69) is 6.92 Å². The molecule has 1 fully saturated rings. The van der Waals surface area contributed by atoms with E-state index < -0.39 is 11.6 Å². The maximum atomic E-state index is 14.2. The Morgan fingerprint density at radius 1 is 1.09 bits per heavy atom. The molecule has 4 heteroatoms. The molecule has 0 amide bonds. The van der Waals surface area contributed by atoms with E-state index >= 15 is 0 Å². The number of benzene rings is 1. The molecule has 128 valence electrons. The highest BCUT2D eigenvalue weighted by atomic mass is 19.2. The lowest BCUT2D eigenvalue weighted by Crippen LogP contribution is -2.21. The second kappa shape index (κ2) is 7.06. The van der Waals surface area contributed by atoms with E-state index in [1.807, 2.05) is 6.92 Å². The van der Waals surface area contributed by atoms with Gasteiger partial charge in [0.2, 0.25) is 11.6 Å². The van der Waals surface area contributed by atoms with E-state index in [-0.39, 0.29) is 17.6 Å². The van der Waals surface area contributed by atoms with Crippen LogP contribution in [0.1, 0.15) is 57.9 Å². The second-order valence-electron chi connectivity index (χ2n) is 7.22. The van der Waals surface area contributed by atoms with Gasteiger partial charge in [-0.15, -0.1) is 0 Å². The van der Waals surface area contributed by atoms with Gasteiger partial charge in [0.05, 0.1) is 12.7 Å². The standard InChI is InChI=1S/C19H26F2O2/c1-12-3-6-14(7-4-12)9-10-22-16-11-15-8-5-13(2)23-19(15)18(21)17(16)20/h11-14H,3-10H2,1-2H3. The van der Waals surface area contributed by atoms with E-state index in [1.54, 1.807) is 6.07 Å². The fraction of sp³-hybridized carbons (Fsp3) is 0.684. The Hall–Kier alpha value is -1.32. The number of aryl methyl sites for hydroxylation is 1. The summed E-state index contributed by atoms with van der Waals surface area (Å²) in [6, 6.07) is 1.61. The fourth-order valence-electron chi connectivity index (χ4n) is 3.63. The van der Waals surface area contributed by atoms with Crippen molar-refractivity contribution in [3.05, 3.63) is 23.3 Å². The van der Waals surface area contributed by atoms with Gasteiger partial charge in [0.1, 0.15) is 0 Å². The predicted molar refractivity (Wildman–Crippen MR) is 86.0 cm³/mol. The van der Waals surface area contributed by atoms with Crippen LogP contribution < -0.4 is 9.47 Å². The summed E-state index contributed by atoms with van der Waals surface area (Å²) >= 11 is 0. The quantitative estimate of drug-likeness (QED) is 0.751. The summed E-state index contributed by atoms with van der Waals surface area (Å²) in [6.07, 6.45) is 7.33. The summed E-state index contributed by atoms with van der Waals surface area (Å²) in [4.78, 5) is 0. The predicted octanol–water partition coefficient (Wildman–Crippen LogP) is 5.27. The minimum atomic E-state index is -0.921. The van der Waals surface area contributed by atoms with Crippen molar-refractivity contribution in [2.45, 2.75) is 64.9 Å². The molecule has 2 nitrogen and oxygen atoms in total. The monoisotopic (exact) mass is 324 g/mol. The van der Waals surface area contributed by atoms with Crippen molar-refractivity contribution in [3.63, 3.8) is 0 Å². The van der Waals surface area contributed by atoms with Crippen LogP contribution in [-0.4, -0.2) is 12.7 Å². The molecular formula is C19H26F2O2. The smallest absolute Gasteiger partial charge is 0.204 e. The van der Waals surface area contributed by atoms with E-state index in [1.165, 1.54) is 25.7 Å². The molecule has 0 saturated heterocycles. The average Bonchev–Trinajstić information content (AvgIpc) is 2.54. The number of rotatable bonds is 4. The lowest BCUT2D eigenvalue weighted by Gasteiger charge is -2.26. The van der Waals surface area contributed by atoms with Crippen molar-refractivity contribution in [2.75, 3.05) is 6.61 Å². The van der Waals surface area contributed by atoms with E-state index in [9.17, 15) is 8.78 Å². The minimum absolute atomic E-state index is 0.0311. The van der Waals surface area contributed by atoms with Gasteiger partial charge in [-0.2, -0.15) is 8.78 Å². The maximum Gasteiger partial charge on any atom is 0.204 e. The second-order valence-corrected chi connectivity index (χ2v) is 7.22. The molecule has 1 aromatic carbocycles. The number of halogens is 2. The maximum absolute atomic E-state index is 14.2. The van der Waals surface area contributed by atoms with Gasteiger partial charge in [-0.25, -0.2) is 0 Å². The highest BCUT2D eigenvalue weighted by Gasteiger charge is 2.26. The van der Waals surface area contributed by atoms with Crippen LogP contribution >= 0.6 is 0 Å². The van der Waals surface area contributed by atoms with E-state index in [0.29, 0.717) is 24.5 Å². The summed E-state index contributed by atoms with van der Waals surface area (Å²) < 4.78 is 39.3. The van der Waals surface area contributed by atoms with Gasteiger partial charge < -0.3 is 9.47 Å². The van der Waals surface area contributed by atoms with Gasteiger partial charge in [-0.05, 0) is 44.1 Å². The Kier molecular flexibility index (Phi) is 5.08.